The molecule has 0 saturated heterocycles. The van der Waals surface area contributed by atoms with Gasteiger partial charge in [0.05, 0.1) is 0 Å². The molecular weight excluding hydrogens is 208 g/mol. The molecule has 0 saturated carbocycles. The van der Waals surface area contributed by atoms with Gasteiger partial charge in [0.25, 0.3) is 0 Å². The number of nitrogens with zero attached hydrogens (tertiary/aromatic N) is 1. The first-order valence-electron chi connectivity index (χ1n) is 7.31. The summed E-state index contributed by atoms with van der Waals surface area (Å²) in [5.74, 6) is 1.51. The summed E-state index contributed by atoms with van der Waals surface area (Å²) >= 11 is 0. The highest BCUT2D eigenvalue weighted by atomic mass is 15.2. The molecular formula is C15H34N2. The maximum atomic E-state index is 3.54. The Morgan fingerprint density at radius 2 is 1.47 bits per heavy atom. The molecule has 0 aliphatic carbocycles. The molecule has 1 unspecified atom stereocenters. The largest absolute Gasteiger partial charge is 0.316 e. The number of hydrogen-bond acceptors (Lipinski definition) is 2. The third-order valence-corrected chi connectivity index (χ3v) is 3.10. The van der Waals surface area contributed by atoms with Crippen LogP contribution in [0.15, 0.2) is 0 Å². The van der Waals surface area contributed by atoms with Gasteiger partial charge in [-0.05, 0) is 52.1 Å². The average molecular weight is 242 g/mol. The molecule has 0 aliphatic rings. The smallest absolute Gasteiger partial charge is 0.00818 e. The van der Waals surface area contributed by atoms with Crippen LogP contribution in [0.25, 0.3) is 0 Å². The Hall–Kier alpha value is -0.0800. The van der Waals surface area contributed by atoms with Gasteiger partial charge in [-0.2, -0.15) is 0 Å². The molecule has 1 N–H and O–H groups in total. The van der Waals surface area contributed by atoms with E-state index < -0.39 is 0 Å². The van der Waals surface area contributed by atoms with Crippen molar-refractivity contribution < 1.29 is 0 Å². The predicted molar refractivity (Wildman–Crippen MR) is 78.5 cm³/mol. The minimum atomic E-state index is 0.650. The Morgan fingerprint density at radius 3 is 1.88 bits per heavy atom. The summed E-state index contributed by atoms with van der Waals surface area (Å²) in [6.07, 6.45) is 1.25. The van der Waals surface area contributed by atoms with E-state index in [9.17, 15) is 0 Å². The molecule has 0 fully saturated rings. The maximum absolute atomic E-state index is 3.54. The lowest BCUT2D eigenvalue weighted by Gasteiger charge is -2.34. The summed E-state index contributed by atoms with van der Waals surface area (Å²) in [7, 11) is 0. The van der Waals surface area contributed by atoms with E-state index in [1.54, 1.807) is 0 Å². The van der Waals surface area contributed by atoms with Gasteiger partial charge < -0.3 is 5.32 Å². The van der Waals surface area contributed by atoms with E-state index in [-0.39, 0.29) is 0 Å². The van der Waals surface area contributed by atoms with Crippen molar-refractivity contribution >= 4 is 0 Å². The summed E-state index contributed by atoms with van der Waals surface area (Å²) < 4.78 is 0. The Balaban J connectivity index is 3.93. The first-order valence-corrected chi connectivity index (χ1v) is 7.31. The van der Waals surface area contributed by atoms with E-state index in [1.165, 1.54) is 13.0 Å². The quantitative estimate of drug-likeness (QED) is 0.624. The molecule has 0 heterocycles. The van der Waals surface area contributed by atoms with Crippen LogP contribution in [0.4, 0.5) is 0 Å². The summed E-state index contributed by atoms with van der Waals surface area (Å²) in [5, 5.41) is 3.54. The third kappa shape index (κ3) is 8.62. The first kappa shape index (κ1) is 16.9. The Morgan fingerprint density at radius 1 is 0.882 bits per heavy atom. The second-order valence-corrected chi connectivity index (χ2v) is 6.42. The number of rotatable bonds is 9. The van der Waals surface area contributed by atoms with Crippen molar-refractivity contribution in [3.05, 3.63) is 0 Å². The van der Waals surface area contributed by atoms with Crippen LogP contribution < -0.4 is 5.32 Å². The van der Waals surface area contributed by atoms with Gasteiger partial charge in [0.15, 0.2) is 0 Å². The van der Waals surface area contributed by atoms with Crippen molar-refractivity contribution in [2.75, 3.05) is 19.6 Å². The van der Waals surface area contributed by atoms with Crippen molar-refractivity contribution in [1.29, 1.82) is 0 Å². The van der Waals surface area contributed by atoms with Crippen LogP contribution in [-0.2, 0) is 0 Å². The fraction of sp³-hybridized carbons (Fsp3) is 1.00. The normalized spacial score (nSPS) is 14.3. The monoisotopic (exact) mass is 242 g/mol. The fourth-order valence-electron chi connectivity index (χ4n) is 2.19. The topological polar surface area (TPSA) is 15.3 Å². The number of nitrogens with one attached hydrogen (secondary N) is 1. The second-order valence-electron chi connectivity index (χ2n) is 6.42. The molecule has 0 spiro atoms. The summed E-state index contributed by atoms with van der Waals surface area (Å²) in [5.41, 5.74) is 0. The molecule has 0 aliphatic heterocycles. The minimum Gasteiger partial charge on any atom is -0.316 e. The summed E-state index contributed by atoms with van der Waals surface area (Å²) in [4.78, 5) is 2.63. The van der Waals surface area contributed by atoms with Crippen LogP contribution >= 0.6 is 0 Å². The highest BCUT2D eigenvalue weighted by Gasteiger charge is 2.17. The van der Waals surface area contributed by atoms with Crippen molar-refractivity contribution in [3.8, 4) is 0 Å². The van der Waals surface area contributed by atoms with E-state index in [0.29, 0.717) is 12.1 Å². The molecule has 0 aromatic carbocycles. The molecule has 0 bridgehead atoms. The van der Waals surface area contributed by atoms with Gasteiger partial charge in [0.1, 0.15) is 0 Å². The van der Waals surface area contributed by atoms with E-state index in [1.807, 2.05) is 0 Å². The highest BCUT2D eigenvalue weighted by Crippen LogP contribution is 2.11. The van der Waals surface area contributed by atoms with Crippen molar-refractivity contribution in [2.45, 2.75) is 67.0 Å². The first-order chi connectivity index (χ1) is 7.84. The fourth-order valence-corrected chi connectivity index (χ4v) is 2.19. The summed E-state index contributed by atoms with van der Waals surface area (Å²) in [6, 6.07) is 1.33. The van der Waals surface area contributed by atoms with Gasteiger partial charge >= 0.3 is 0 Å². The zero-order valence-electron chi connectivity index (χ0n) is 13.1. The van der Waals surface area contributed by atoms with Crippen LogP contribution in [0.5, 0.6) is 0 Å². The molecule has 17 heavy (non-hydrogen) atoms. The third-order valence-electron chi connectivity index (χ3n) is 3.10. The van der Waals surface area contributed by atoms with E-state index in [0.717, 1.165) is 24.9 Å². The van der Waals surface area contributed by atoms with Gasteiger partial charge in [0.2, 0.25) is 0 Å². The Kier molecular flexibility index (Phi) is 8.89. The van der Waals surface area contributed by atoms with Crippen LogP contribution in [0.3, 0.4) is 0 Å². The van der Waals surface area contributed by atoms with Crippen LogP contribution in [0.1, 0.15) is 54.9 Å². The van der Waals surface area contributed by atoms with Crippen LogP contribution in [-0.4, -0.2) is 36.6 Å². The minimum absolute atomic E-state index is 0.650. The van der Waals surface area contributed by atoms with Crippen molar-refractivity contribution in [3.63, 3.8) is 0 Å². The van der Waals surface area contributed by atoms with E-state index >= 15 is 0 Å². The molecule has 1 atom stereocenters. The lowest BCUT2D eigenvalue weighted by molar-refractivity contribution is 0.138. The van der Waals surface area contributed by atoms with Crippen LogP contribution in [0.2, 0.25) is 0 Å². The Labute approximate surface area is 109 Å². The molecule has 2 heteroatoms. The molecule has 0 aromatic heterocycles. The molecule has 2 nitrogen and oxygen atoms in total. The molecule has 0 amide bonds. The van der Waals surface area contributed by atoms with Gasteiger partial charge in [-0.1, -0.05) is 27.7 Å². The molecule has 0 rings (SSSR count). The van der Waals surface area contributed by atoms with E-state index in [2.05, 4.69) is 58.7 Å². The van der Waals surface area contributed by atoms with Crippen molar-refractivity contribution in [2.24, 2.45) is 11.8 Å². The highest BCUT2D eigenvalue weighted by molar-refractivity contribution is 4.73. The van der Waals surface area contributed by atoms with Gasteiger partial charge in [-0.25, -0.2) is 0 Å². The maximum Gasteiger partial charge on any atom is 0.00818 e. The molecule has 0 radical (unpaired) electrons. The van der Waals surface area contributed by atoms with Crippen molar-refractivity contribution in [1.82, 2.24) is 10.2 Å². The Bertz CT molecular complexity index is 176. The standard InChI is InChI=1S/C15H34N2/c1-12(2)10-16-9-8-15(7)17(14(5)6)11-13(3)4/h12-16H,8-11H2,1-7H3. The van der Waals surface area contributed by atoms with E-state index in [4.69, 9.17) is 0 Å². The lowest BCUT2D eigenvalue weighted by atomic mass is 10.1. The van der Waals surface area contributed by atoms with Gasteiger partial charge in [-0.3, -0.25) is 4.90 Å². The zero-order valence-corrected chi connectivity index (χ0v) is 13.1. The molecule has 104 valence electrons. The second kappa shape index (κ2) is 8.93. The van der Waals surface area contributed by atoms with Gasteiger partial charge in [-0.15, -0.1) is 0 Å². The zero-order chi connectivity index (χ0) is 13.4. The SMILES string of the molecule is CC(C)CNCCC(C)N(CC(C)C)C(C)C. The lowest BCUT2D eigenvalue weighted by Crippen LogP contribution is -2.42. The number of hydrogen-bond donors (Lipinski definition) is 1. The van der Waals surface area contributed by atoms with Gasteiger partial charge in [0, 0.05) is 18.6 Å². The molecule has 0 aromatic rings. The summed E-state index contributed by atoms with van der Waals surface area (Å²) in [6.45, 7) is 19.6. The average Bonchev–Trinajstić information content (AvgIpc) is 2.19. The predicted octanol–water partition coefficient (Wildman–Crippen LogP) is 3.38. The van der Waals surface area contributed by atoms with Crippen LogP contribution in [0, 0.1) is 11.8 Å².